The molecule has 154 valence electrons. The molecule has 8 heteroatoms. The minimum Gasteiger partial charge on any atom is -0.439 e. The van der Waals surface area contributed by atoms with Crippen LogP contribution >= 0.6 is 24.8 Å². The van der Waals surface area contributed by atoms with Crippen molar-refractivity contribution in [1.29, 1.82) is 0 Å². The lowest BCUT2D eigenvalue weighted by atomic mass is 9.79. The van der Waals surface area contributed by atoms with E-state index in [1.54, 1.807) is 25.4 Å². The van der Waals surface area contributed by atoms with Crippen LogP contribution in [0.15, 0.2) is 48.7 Å². The fourth-order valence-electron chi connectivity index (χ4n) is 3.19. The maximum atomic E-state index is 12.5. The third-order valence-corrected chi connectivity index (χ3v) is 4.70. The van der Waals surface area contributed by atoms with E-state index >= 15 is 0 Å². The number of hydrogen-bond donors (Lipinski definition) is 2. The predicted molar refractivity (Wildman–Crippen MR) is 114 cm³/mol. The Balaban J connectivity index is 0.00000196. The molecular formula is C20H27Cl2N3O3. The molecule has 1 aromatic heterocycles. The third-order valence-electron chi connectivity index (χ3n) is 4.70. The Labute approximate surface area is 178 Å². The molecule has 0 spiro atoms. The number of nitrogens with zero attached hydrogens (tertiary/aromatic N) is 1. The van der Waals surface area contributed by atoms with Crippen LogP contribution in [-0.4, -0.2) is 44.2 Å². The summed E-state index contributed by atoms with van der Waals surface area (Å²) in [6.07, 6.45) is 3.52. The molecule has 0 atom stereocenters. The molecular weight excluding hydrogens is 401 g/mol. The fraction of sp³-hybridized carbons (Fsp3) is 0.400. The van der Waals surface area contributed by atoms with E-state index in [9.17, 15) is 4.79 Å². The van der Waals surface area contributed by atoms with Crippen molar-refractivity contribution in [2.24, 2.45) is 5.41 Å². The van der Waals surface area contributed by atoms with Crippen LogP contribution in [0.4, 0.5) is 0 Å². The summed E-state index contributed by atoms with van der Waals surface area (Å²) in [5.74, 6) is 1.05. The van der Waals surface area contributed by atoms with Crippen molar-refractivity contribution in [3.8, 4) is 11.6 Å². The van der Waals surface area contributed by atoms with Crippen molar-refractivity contribution < 1.29 is 14.3 Å². The number of pyridine rings is 1. The lowest BCUT2D eigenvalue weighted by Crippen LogP contribution is -2.47. The van der Waals surface area contributed by atoms with E-state index in [4.69, 9.17) is 9.47 Å². The molecule has 2 heterocycles. The number of amides is 1. The van der Waals surface area contributed by atoms with E-state index in [2.05, 4.69) is 15.6 Å². The van der Waals surface area contributed by atoms with E-state index in [0.717, 1.165) is 25.9 Å². The minimum absolute atomic E-state index is 0. The van der Waals surface area contributed by atoms with Gasteiger partial charge in [-0.25, -0.2) is 4.98 Å². The summed E-state index contributed by atoms with van der Waals surface area (Å²) < 4.78 is 11.0. The zero-order valence-corrected chi connectivity index (χ0v) is 17.5. The molecule has 1 amide bonds. The molecule has 0 unspecified atom stereocenters. The molecule has 1 aliphatic heterocycles. The Morgan fingerprint density at radius 1 is 1.14 bits per heavy atom. The quantitative estimate of drug-likeness (QED) is 0.707. The lowest BCUT2D eigenvalue weighted by molar-refractivity contribution is 0.0511. The number of aromatic nitrogens is 1. The summed E-state index contributed by atoms with van der Waals surface area (Å²) in [4.78, 5) is 16.7. The maximum Gasteiger partial charge on any atom is 0.252 e. The number of ether oxygens (including phenoxy) is 2. The summed E-state index contributed by atoms with van der Waals surface area (Å²) in [6, 6.07) is 12.9. The Bertz CT molecular complexity index is 703. The van der Waals surface area contributed by atoms with E-state index < -0.39 is 0 Å². The molecule has 28 heavy (non-hydrogen) atoms. The van der Waals surface area contributed by atoms with Crippen molar-refractivity contribution in [1.82, 2.24) is 15.6 Å². The van der Waals surface area contributed by atoms with Crippen molar-refractivity contribution >= 4 is 30.7 Å². The first-order valence-corrected chi connectivity index (χ1v) is 8.88. The first-order valence-electron chi connectivity index (χ1n) is 8.88. The van der Waals surface area contributed by atoms with Crippen LogP contribution in [-0.2, 0) is 4.74 Å². The number of rotatable bonds is 7. The smallest absolute Gasteiger partial charge is 0.252 e. The second-order valence-corrected chi connectivity index (χ2v) is 6.67. The normalized spacial score (nSPS) is 14.9. The van der Waals surface area contributed by atoms with Gasteiger partial charge in [0, 0.05) is 31.3 Å². The monoisotopic (exact) mass is 427 g/mol. The van der Waals surface area contributed by atoms with Gasteiger partial charge in [-0.05, 0) is 44.1 Å². The highest BCUT2D eigenvalue weighted by atomic mass is 35.5. The number of benzene rings is 1. The molecule has 6 nitrogen and oxygen atoms in total. The van der Waals surface area contributed by atoms with E-state index in [1.807, 2.05) is 30.3 Å². The average molecular weight is 428 g/mol. The molecule has 0 radical (unpaired) electrons. The molecule has 0 aliphatic carbocycles. The number of nitrogens with one attached hydrogen (secondary N) is 2. The highest BCUT2D eigenvalue weighted by Crippen LogP contribution is 2.28. The largest absolute Gasteiger partial charge is 0.439 e. The van der Waals surface area contributed by atoms with Crippen LogP contribution in [0.5, 0.6) is 11.6 Å². The van der Waals surface area contributed by atoms with Crippen LogP contribution in [0.1, 0.15) is 23.2 Å². The third kappa shape index (κ3) is 6.63. The topological polar surface area (TPSA) is 72.5 Å². The Kier molecular flexibility index (Phi) is 10.2. The van der Waals surface area contributed by atoms with Crippen molar-refractivity contribution in [2.75, 3.05) is 33.4 Å². The Morgan fingerprint density at radius 2 is 1.86 bits per heavy atom. The minimum atomic E-state index is -0.127. The van der Waals surface area contributed by atoms with Gasteiger partial charge in [-0.15, -0.1) is 24.8 Å². The van der Waals surface area contributed by atoms with Gasteiger partial charge in [-0.1, -0.05) is 18.2 Å². The predicted octanol–water partition coefficient (Wildman–Crippen LogP) is 3.46. The molecule has 2 N–H and O–H groups in total. The number of piperidine rings is 1. The van der Waals surface area contributed by atoms with Crippen molar-refractivity contribution in [3.05, 3.63) is 54.2 Å². The Morgan fingerprint density at radius 3 is 2.46 bits per heavy atom. The summed E-state index contributed by atoms with van der Waals surface area (Å²) in [5, 5.41) is 6.39. The standard InChI is InChI=1S/C20H25N3O3.2ClH/c1-25-15-20(9-11-21-12-10-20)14-23-19(24)16-7-8-18(22-13-16)26-17-5-3-2-4-6-17;;/h2-8,13,21H,9-12,14-15H2,1H3,(H,23,24);2*1H. The van der Waals surface area contributed by atoms with Gasteiger partial charge in [0.1, 0.15) is 5.75 Å². The molecule has 0 saturated carbocycles. The molecule has 3 rings (SSSR count). The van der Waals surface area contributed by atoms with Gasteiger partial charge in [0.2, 0.25) is 5.88 Å². The highest BCUT2D eigenvalue weighted by molar-refractivity contribution is 5.93. The summed E-state index contributed by atoms with van der Waals surface area (Å²) in [6.45, 7) is 3.15. The van der Waals surface area contributed by atoms with Gasteiger partial charge in [0.25, 0.3) is 5.91 Å². The lowest BCUT2D eigenvalue weighted by Gasteiger charge is -2.37. The van der Waals surface area contributed by atoms with E-state index in [1.165, 1.54) is 0 Å². The second-order valence-electron chi connectivity index (χ2n) is 6.67. The number of halogens is 2. The molecule has 1 aliphatic rings. The van der Waals surface area contributed by atoms with Gasteiger partial charge >= 0.3 is 0 Å². The van der Waals surface area contributed by atoms with Crippen LogP contribution < -0.4 is 15.4 Å². The number of para-hydroxylation sites is 1. The summed E-state index contributed by atoms with van der Waals surface area (Å²) >= 11 is 0. The van der Waals surface area contributed by atoms with Crippen LogP contribution in [0, 0.1) is 5.41 Å². The van der Waals surface area contributed by atoms with Crippen molar-refractivity contribution in [2.45, 2.75) is 12.8 Å². The number of hydrogen-bond acceptors (Lipinski definition) is 5. The SMILES string of the molecule is COCC1(CNC(=O)c2ccc(Oc3ccccc3)nc2)CCNCC1.Cl.Cl. The van der Waals surface area contributed by atoms with E-state index in [0.29, 0.717) is 30.3 Å². The average Bonchev–Trinajstić information content (AvgIpc) is 2.69. The molecule has 1 aromatic carbocycles. The van der Waals surface area contributed by atoms with Crippen LogP contribution in [0.3, 0.4) is 0 Å². The molecule has 0 bridgehead atoms. The van der Waals surface area contributed by atoms with E-state index in [-0.39, 0.29) is 36.1 Å². The van der Waals surface area contributed by atoms with Crippen LogP contribution in [0.2, 0.25) is 0 Å². The molecule has 2 aromatic rings. The fourth-order valence-corrected chi connectivity index (χ4v) is 3.19. The first-order chi connectivity index (χ1) is 12.7. The van der Waals surface area contributed by atoms with Crippen molar-refractivity contribution in [3.63, 3.8) is 0 Å². The van der Waals surface area contributed by atoms with Gasteiger partial charge < -0.3 is 20.1 Å². The maximum absolute atomic E-state index is 12.5. The summed E-state index contributed by atoms with van der Waals surface area (Å²) in [7, 11) is 1.71. The Hall–Kier alpha value is -1.86. The zero-order valence-electron chi connectivity index (χ0n) is 15.8. The van der Waals surface area contributed by atoms with Gasteiger partial charge in [0.15, 0.2) is 0 Å². The van der Waals surface area contributed by atoms with Gasteiger partial charge in [-0.3, -0.25) is 4.79 Å². The van der Waals surface area contributed by atoms with Gasteiger partial charge in [0.05, 0.1) is 12.2 Å². The number of carbonyl (C=O) groups excluding carboxylic acids is 1. The zero-order chi connectivity index (χ0) is 18.2. The van der Waals surface area contributed by atoms with Crippen LogP contribution in [0.25, 0.3) is 0 Å². The molecule has 1 fully saturated rings. The number of methoxy groups -OCH3 is 1. The summed E-state index contributed by atoms with van der Waals surface area (Å²) in [5.41, 5.74) is 0.520. The molecule has 1 saturated heterocycles. The van der Waals surface area contributed by atoms with Gasteiger partial charge in [-0.2, -0.15) is 0 Å². The number of carbonyl (C=O) groups is 1. The highest BCUT2D eigenvalue weighted by Gasteiger charge is 2.32. The second kappa shape index (κ2) is 11.9. The first kappa shape index (κ1) is 24.2.